The van der Waals surface area contributed by atoms with Crippen molar-refractivity contribution in [3.63, 3.8) is 0 Å². The number of carbonyl (C=O) groups is 1. The van der Waals surface area contributed by atoms with Gasteiger partial charge in [0.15, 0.2) is 0 Å². The Morgan fingerprint density at radius 2 is 1.81 bits per heavy atom. The Morgan fingerprint density at radius 1 is 1.10 bits per heavy atom. The predicted molar refractivity (Wildman–Crippen MR) is 82.8 cm³/mol. The maximum Gasteiger partial charge on any atom is 0.340 e. The molecule has 2 rings (SSSR count). The molecule has 0 atom stereocenters. The maximum atomic E-state index is 11.8. The second-order valence-corrected chi connectivity index (χ2v) is 4.40. The van der Waals surface area contributed by atoms with E-state index in [-0.39, 0.29) is 0 Å². The zero-order valence-electron chi connectivity index (χ0n) is 12.0. The van der Waals surface area contributed by atoms with Crippen LogP contribution in [-0.2, 0) is 4.74 Å². The van der Waals surface area contributed by atoms with Gasteiger partial charge in [-0.05, 0) is 38.1 Å². The molecule has 0 amide bonds. The van der Waals surface area contributed by atoms with Gasteiger partial charge in [-0.1, -0.05) is 29.8 Å². The van der Waals surface area contributed by atoms with Crippen LogP contribution in [0.1, 0.15) is 22.8 Å². The number of hydrogen-bond donors (Lipinski definition) is 0. The number of rotatable bonds is 4. The predicted octanol–water partition coefficient (Wildman–Crippen LogP) is 4.31. The summed E-state index contributed by atoms with van der Waals surface area (Å²) in [6, 6.07) is 17.3. The lowest BCUT2D eigenvalue weighted by atomic mass is 10.2. The van der Waals surface area contributed by atoms with Gasteiger partial charge in [0.25, 0.3) is 0 Å². The smallest absolute Gasteiger partial charge is 0.340 e. The Hall–Kier alpha value is -2.71. The minimum Gasteiger partial charge on any atom is -0.462 e. The van der Waals surface area contributed by atoms with E-state index in [9.17, 15) is 4.79 Å². The van der Waals surface area contributed by atoms with Gasteiger partial charge in [-0.25, -0.2) is 4.79 Å². The van der Waals surface area contributed by atoms with Crippen LogP contribution in [-0.4, -0.2) is 18.6 Å². The maximum absolute atomic E-state index is 11.8. The summed E-state index contributed by atoms with van der Waals surface area (Å²) >= 11 is 0. The number of para-hydroxylation sites is 1. The van der Waals surface area contributed by atoms with Crippen molar-refractivity contribution < 1.29 is 9.53 Å². The van der Waals surface area contributed by atoms with E-state index in [1.165, 1.54) is 5.56 Å². The average molecular weight is 280 g/mol. The highest BCUT2D eigenvalue weighted by Gasteiger charge is 2.10. The second-order valence-electron chi connectivity index (χ2n) is 4.40. The molecule has 106 valence electrons. The third kappa shape index (κ3) is 4.13. The Kier molecular flexibility index (Phi) is 5.02. The van der Waals surface area contributed by atoms with Crippen molar-refractivity contribution in [2.45, 2.75) is 13.8 Å². The molecule has 4 nitrogen and oxygen atoms in total. The Bertz CT molecular complexity index is 684. The number of aryl methyl sites for hydroxylation is 1. The first kappa shape index (κ1) is 14.7. The van der Waals surface area contributed by atoms with Crippen LogP contribution in [0.5, 0.6) is 0 Å². The van der Waals surface area contributed by atoms with Crippen molar-refractivity contribution in [2.75, 3.05) is 6.61 Å². The monoisotopic (exact) mass is 280 g/mol. The van der Waals surface area contributed by atoms with Crippen molar-refractivity contribution in [3.8, 4) is 0 Å². The SMILES string of the molecule is CCOC(=O)c1ccccc1N=C=Nc1ccc(C)cc1. The van der Waals surface area contributed by atoms with Crippen LogP contribution in [0.3, 0.4) is 0 Å². The normalized spacial score (nSPS) is 9.62. The molecule has 21 heavy (non-hydrogen) atoms. The highest BCUT2D eigenvalue weighted by Crippen LogP contribution is 2.19. The Morgan fingerprint density at radius 3 is 2.52 bits per heavy atom. The standard InChI is InChI=1S/C17H16N2O2/c1-3-21-17(20)15-6-4-5-7-16(15)19-12-18-14-10-8-13(2)9-11-14/h4-11H,3H2,1-2H3. The zero-order valence-corrected chi connectivity index (χ0v) is 12.0. The number of hydrogen-bond acceptors (Lipinski definition) is 4. The van der Waals surface area contributed by atoms with Gasteiger partial charge in [-0.2, -0.15) is 9.98 Å². The fourth-order valence-electron chi connectivity index (χ4n) is 1.71. The van der Waals surface area contributed by atoms with Gasteiger partial charge in [0, 0.05) is 0 Å². The summed E-state index contributed by atoms with van der Waals surface area (Å²) in [6.07, 6.45) is 0. The lowest BCUT2D eigenvalue weighted by Crippen LogP contribution is -2.04. The van der Waals surface area contributed by atoms with Crippen LogP contribution in [0.25, 0.3) is 0 Å². The summed E-state index contributed by atoms with van der Waals surface area (Å²) in [5, 5.41) is 0. The molecule has 2 aromatic carbocycles. The minimum atomic E-state index is -0.394. The van der Waals surface area contributed by atoms with Crippen LogP contribution in [0.15, 0.2) is 58.5 Å². The van der Waals surface area contributed by atoms with Crippen molar-refractivity contribution in [1.82, 2.24) is 0 Å². The number of aliphatic imine (C=N–C) groups is 2. The van der Waals surface area contributed by atoms with E-state index in [0.29, 0.717) is 17.9 Å². The van der Waals surface area contributed by atoms with E-state index in [1.807, 2.05) is 31.2 Å². The average Bonchev–Trinajstić information content (AvgIpc) is 2.50. The quantitative estimate of drug-likeness (QED) is 0.619. The molecular weight excluding hydrogens is 264 g/mol. The topological polar surface area (TPSA) is 51.0 Å². The van der Waals surface area contributed by atoms with Crippen molar-refractivity contribution in [1.29, 1.82) is 0 Å². The molecule has 0 aliphatic heterocycles. The Labute approximate surface area is 123 Å². The highest BCUT2D eigenvalue weighted by molar-refractivity contribution is 5.95. The van der Waals surface area contributed by atoms with Crippen molar-refractivity contribution in [2.24, 2.45) is 9.98 Å². The summed E-state index contributed by atoms with van der Waals surface area (Å²) in [4.78, 5) is 20.0. The number of nitrogens with zero attached hydrogens (tertiary/aromatic N) is 2. The summed E-state index contributed by atoms with van der Waals surface area (Å²) < 4.78 is 4.99. The first-order chi connectivity index (χ1) is 10.2. The first-order valence-corrected chi connectivity index (χ1v) is 6.70. The summed E-state index contributed by atoms with van der Waals surface area (Å²) in [6.45, 7) is 4.11. The summed E-state index contributed by atoms with van der Waals surface area (Å²) in [7, 11) is 0. The molecule has 0 heterocycles. The lowest BCUT2D eigenvalue weighted by Gasteiger charge is -2.03. The molecule has 0 radical (unpaired) electrons. The molecule has 0 aromatic heterocycles. The van der Waals surface area contributed by atoms with Crippen LogP contribution >= 0.6 is 0 Å². The highest BCUT2D eigenvalue weighted by atomic mass is 16.5. The van der Waals surface area contributed by atoms with Crippen LogP contribution < -0.4 is 0 Å². The van der Waals surface area contributed by atoms with Crippen LogP contribution in [0.4, 0.5) is 11.4 Å². The molecule has 0 N–H and O–H groups in total. The van der Waals surface area contributed by atoms with E-state index < -0.39 is 5.97 Å². The number of carbonyl (C=O) groups excluding carboxylic acids is 1. The van der Waals surface area contributed by atoms with Crippen molar-refractivity contribution >= 4 is 23.4 Å². The van der Waals surface area contributed by atoms with E-state index >= 15 is 0 Å². The molecule has 0 fully saturated rings. The third-order valence-electron chi connectivity index (χ3n) is 2.78. The molecule has 0 spiro atoms. The molecule has 4 heteroatoms. The van der Waals surface area contributed by atoms with Gasteiger partial charge in [0.2, 0.25) is 0 Å². The van der Waals surface area contributed by atoms with Gasteiger partial charge < -0.3 is 4.74 Å². The zero-order chi connectivity index (χ0) is 15.1. The number of ether oxygens (including phenoxy) is 1. The number of esters is 1. The van der Waals surface area contributed by atoms with Crippen LogP contribution in [0, 0.1) is 6.92 Å². The largest absolute Gasteiger partial charge is 0.462 e. The molecule has 0 aliphatic rings. The van der Waals surface area contributed by atoms with E-state index in [2.05, 4.69) is 16.0 Å². The fraction of sp³-hybridized carbons (Fsp3) is 0.176. The molecule has 0 saturated carbocycles. The van der Waals surface area contributed by atoms with Crippen LogP contribution in [0.2, 0.25) is 0 Å². The van der Waals surface area contributed by atoms with Gasteiger partial charge in [0.05, 0.1) is 23.5 Å². The van der Waals surface area contributed by atoms with Gasteiger partial charge in [-0.15, -0.1) is 0 Å². The van der Waals surface area contributed by atoms with E-state index in [4.69, 9.17) is 4.74 Å². The summed E-state index contributed by atoms with van der Waals surface area (Å²) in [5.74, 6) is -0.394. The first-order valence-electron chi connectivity index (χ1n) is 6.70. The summed E-state index contributed by atoms with van der Waals surface area (Å²) in [5.41, 5.74) is 2.83. The lowest BCUT2D eigenvalue weighted by molar-refractivity contribution is 0.0527. The molecule has 0 aliphatic carbocycles. The second kappa shape index (κ2) is 7.17. The van der Waals surface area contributed by atoms with Crippen molar-refractivity contribution in [3.05, 3.63) is 59.7 Å². The Balaban J connectivity index is 2.24. The third-order valence-corrected chi connectivity index (χ3v) is 2.78. The molecular formula is C17H16N2O2. The van der Waals surface area contributed by atoms with Gasteiger partial charge >= 0.3 is 5.97 Å². The molecule has 0 unspecified atom stereocenters. The molecule has 2 aromatic rings. The molecule has 0 bridgehead atoms. The molecule has 0 saturated heterocycles. The number of benzene rings is 2. The fourth-order valence-corrected chi connectivity index (χ4v) is 1.71. The van der Waals surface area contributed by atoms with Gasteiger partial charge in [0.1, 0.15) is 6.01 Å². The van der Waals surface area contributed by atoms with E-state index in [0.717, 1.165) is 5.69 Å². The van der Waals surface area contributed by atoms with Gasteiger partial charge in [-0.3, -0.25) is 0 Å². The minimum absolute atomic E-state index is 0.328. The van der Waals surface area contributed by atoms with E-state index in [1.54, 1.807) is 31.2 Å².